The smallest absolute Gasteiger partial charge is 0.0157 e. The Morgan fingerprint density at radius 3 is 1.00 bits per heavy atom. The van der Waals surface area contributed by atoms with Crippen LogP contribution in [0.15, 0.2) is 0 Å². The second-order valence-corrected chi connectivity index (χ2v) is 7.02. The molecule has 16 heavy (non-hydrogen) atoms. The van der Waals surface area contributed by atoms with Gasteiger partial charge in [-0.2, -0.15) is 0 Å². The molecule has 2 nitrogen and oxygen atoms in total. The van der Waals surface area contributed by atoms with Crippen LogP contribution in [-0.4, -0.2) is 11.1 Å². The maximum atomic E-state index is 6.00. The third kappa shape index (κ3) is 2.02. The van der Waals surface area contributed by atoms with Gasteiger partial charge in [0.2, 0.25) is 0 Å². The minimum Gasteiger partial charge on any atom is -0.325 e. The summed E-state index contributed by atoms with van der Waals surface area (Å²) < 4.78 is 0. The van der Waals surface area contributed by atoms with E-state index in [1.807, 2.05) is 0 Å². The van der Waals surface area contributed by atoms with Crippen LogP contribution in [0, 0.1) is 11.8 Å². The summed E-state index contributed by atoms with van der Waals surface area (Å²) in [5.41, 5.74) is 12.6. The molecule has 4 bridgehead atoms. The maximum Gasteiger partial charge on any atom is 0.0157 e. The Hall–Kier alpha value is -0.0800. The molecular weight excluding hydrogens is 196 g/mol. The Bertz CT molecular complexity index is 230. The van der Waals surface area contributed by atoms with Crippen LogP contribution >= 0.6 is 0 Å². The molecule has 0 radical (unpaired) electrons. The van der Waals surface area contributed by atoms with Crippen molar-refractivity contribution in [3.05, 3.63) is 0 Å². The van der Waals surface area contributed by atoms with E-state index in [9.17, 15) is 0 Å². The molecule has 0 amide bonds. The summed E-state index contributed by atoms with van der Waals surface area (Å²) in [5.74, 6) is 2.03. The van der Waals surface area contributed by atoms with E-state index in [2.05, 4.69) is 0 Å². The lowest BCUT2D eigenvalue weighted by Crippen LogP contribution is -2.33. The van der Waals surface area contributed by atoms with Gasteiger partial charge in [-0.05, 0) is 76.0 Å². The van der Waals surface area contributed by atoms with Crippen LogP contribution in [0.2, 0.25) is 0 Å². The standard InChI is InChI=1S/2C7H13N/c2*8-7-3-1-6(5-7)2-4-7/h2*6H,1-5,8H2. The Kier molecular flexibility index (Phi) is 2.56. The highest BCUT2D eigenvalue weighted by atomic mass is 14.8. The summed E-state index contributed by atoms with van der Waals surface area (Å²) in [6, 6.07) is 0. The predicted octanol–water partition coefficient (Wildman–Crippen LogP) is 2.56. The number of rotatable bonds is 0. The molecule has 4 aliphatic carbocycles. The van der Waals surface area contributed by atoms with E-state index in [4.69, 9.17) is 11.5 Å². The van der Waals surface area contributed by atoms with E-state index in [0.29, 0.717) is 11.1 Å². The monoisotopic (exact) mass is 222 g/mol. The zero-order valence-electron chi connectivity index (χ0n) is 10.4. The van der Waals surface area contributed by atoms with Crippen LogP contribution in [0.4, 0.5) is 0 Å². The van der Waals surface area contributed by atoms with Gasteiger partial charge in [0.1, 0.15) is 0 Å². The first-order valence-corrected chi connectivity index (χ1v) is 7.15. The van der Waals surface area contributed by atoms with Crippen LogP contribution in [0.3, 0.4) is 0 Å². The molecule has 4 N–H and O–H groups in total. The lowest BCUT2D eigenvalue weighted by molar-refractivity contribution is 0.418. The van der Waals surface area contributed by atoms with E-state index in [0.717, 1.165) is 11.8 Å². The number of hydrogen-bond acceptors (Lipinski definition) is 2. The van der Waals surface area contributed by atoms with E-state index >= 15 is 0 Å². The second-order valence-electron chi connectivity index (χ2n) is 7.02. The average molecular weight is 222 g/mol. The summed E-state index contributed by atoms with van der Waals surface area (Å²) in [5, 5.41) is 0. The summed E-state index contributed by atoms with van der Waals surface area (Å²) in [7, 11) is 0. The largest absolute Gasteiger partial charge is 0.325 e. The van der Waals surface area contributed by atoms with Gasteiger partial charge in [-0.15, -0.1) is 0 Å². The van der Waals surface area contributed by atoms with Gasteiger partial charge in [0.05, 0.1) is 0 Å². The van der Waals surface area contributed by atoms with Gasteiger partial charge in [0.15, 0.2) is 0 Å². The number of fused-ring (bicyclic) bond motifs is 4. The third-order valence-corrected chi connectivity index (χ3v) is 5.59. The predicted molar refractivity (Wildman–Crippen MR) is 67.0 cm³/mol. The fourth-order valence-corrected chi connectivity index (χ4v) is 4.47. The highest BCUT2D eigenvalue weighted by Crippen LogP contribution is 2.46. The minimum atomic E-state index is 0.310. The van der Waals surface area contributed by atoms with Gasteiger partial charge in [0.25, 0.3) is 0 Å². The Labute approximate surface area is 99.1 Å². The van der Waals surface area contributed by atoms with E-state index in [1.165, 1.54) is 64.2 Å². The minimum absolute atomic E-state index is 0.310. The summed E-state index contributed by atoms with van der Waals surface area (Å²) >= 11 is 0. The van der Waals surface area contributed by atoms with E-state index in [-0.39, 0.29) is 0 Å². The van der Waals surface area contributed by atoms with Gasteiger partial charge in [0, 0.05) is 11.1 Å². The van der Waals surface area contributed by atoms with Crippen molar-refractivity contribution in [1.29, 1.82) is 0 Å². The lowest BCUT2D eigenvalue weighted by Gasteiger charge is -2.19. The van der Waals surface area contributed by atoms with E-state index < -0.39 is 0 Å². The number of nitrogens with two attached hydrogens (primary N) is 2. The molecule has 4 aliphatic rings. The Morgan fingerprint density at radius 2 is 0.938 bits per heavy atom. The van der Waals surface area contributed by atoms with Crippen LogP contribution in [-0.2, 0) is 0 Å². The molecular formula is C14H26N2. The van der Waals surface area contributed by atoms with Crippen molar-refractivity contribution < 1.29 is 0 Å². The fraction of sp³-hybridized carbons (Fsp3) is 1.00. The Morgan fingerprint density at radius 1 is 0.625 bits per heavy atom. The van der Waals surface area contributed by atoms with E-state index in [1.54, 1.807) is 0 Å². The number of hydrogen-bond donors (Lipinski definition) is 2. The molecule has 0 spiro atoms. The molecule has 0 aliphatic heterocycles. The highest BCUT2D eigenvalue weighted by Gasteiger charge is 2.42. The van der Waals surface area contributed by atoms with Crippen LogP contribution < -0.4 is 11.5 Å². The molecule has 0 unspecified atom stereocenters. The van der Waals surface area contributed by atoms with Crippen molar-refractivity contribution in [1.82, 2.24) is 0 Å². The second kappa shape index (κ2) is 3.71. The topological polar surface area (TPSA) is 52.0 Å². The lowest BCUT2D eigenvalue weighted by atomic mass is 9.95. The van der Waals surface area contributed by atoms with Crippen molar-refractivity contribution >= 4 is 0 Å². The van der Waals surface area contributed by atoms with Crippen molar-refractivity contribution in [3.8, 4) is 0 Å². The molecule has 0 aromatic carbocycles. The summed E-state index contributed by atoms with van der Waals surface area (Å²) in [6.45, 7) is 0. The zero-order valence-corrected chi connectivity index (χ0v) is 10.4. The maximum absolute atomic E-state index is 6.00. The van der Waals surface area contributed by atoms with Crippen LogP contribution in [0.5, 0.6) is 0 Å². The quantitative estimate of drug-likeness (QED) is 0.662. The zero-order chi connectivity index (χ0) is 11.2. The van der Waals surface area contributed by atoms with Gasteiger partial charge >= 0.3 is 0 Å². The molecule has 4 saturated carbocycles. The molecule has 92 valence electrons. The fourth-order valence-electron chi connectivity index (χ4n) is 4.47. The van der Waals surface area contributed by atoms with Gasteiger partial charge < -0.3 is 11.5 Å². The first-order valence-electron chi connectivity index (χ1n) is 7.15. The SMILES string of the molecule is NC12CCC(CC1)C2.NC12CCC(CC1)C2. The van der Waals surface area contributed by atoms with Crippen molar-refractivity contribution in [2.45, 2.75) is 75.3 Å². The van der Waals surface area contributed by atoms with Gasteiger partial charge in [-0.3, -0.25) is 0 Å². The molecule has 0 aromatic rings. The normalized spacial score (nSPS) is 52.9. The summed E-state index contributed by atoms with van der Waals surface area (Å²) in [4.78, 5) is 0. The van der Waals surface area contributed by atoms with Gasteiger partial charge in [-0.1, -0.05) is 0 Å². The van der Waals surface area contributed by atoms with Crippen molar-refractivity contribution in [3.63, 3.8) is 0 Å². The molecule has 0 saturated heterocycles. The molecule has 4 rings (SSSR count). The highest BCUT2D eigenvalue weighted by molar-refractivity contribution is 5.00. The van der Waals surface area contributed by atoms with Crippen molar-refractivity contribution in [2.24, 2.45) is 23.3 Å². The molecule has 2 heteroatoms. The molecule has 0 heterocycles. The van der Waals surface area contributed by atoms with Crippen molar-refractivity contribution in [2.75, 3.05) is 0 Å². The first-order chi connectivity index (χ1) is 7.57. The van der Waals surface area contributed by atoms with Gasteiger partial charge in [-0.25, -0.2) is 0 Å². The van der Waals surface area contributed by atoms with Crippen LogP contribution in [0.25, 0.3) is 0 Å². The molecule has 0 atom stereocenters. The Balaban J connectivity index is 0.000000101. The average Bonchev–Trinajstić information content (AvgIpc) is 2.95. The summed E-state index contributed by atoms with van der Waals surface area (Å²) in [6.07, 6.45) is 13.5. The first kappa shape index (κ1) is 11.0. The molecule has 4 fully saturated rings. The van der Waals surface area contributed by atoms with Crippen LogP contribution in [0.1, 0.15) is 64.2 Å². The molecule has 0 aromatic heterocycles. The third-order valence-electron chi connectivity index (χ3n) is 5.59.